The Morgan fingerprint density at radius 3 is 2.67 bits per heavy atom. The van der Waals surface area contributed by atoms with Gasteiger partial charge in [0.05, 0.1) is 27.3 Å². The number of nitrogens with zero attached hydrogens (tertiary/aromatic N) is 2. The molecule has 2 heterocycles. The van der Waals surface area contributed by atoms with Crippen molar-refractivity contribution in [1.29, 1.82) is 0 Å². The zero-order valence-corrected chi connectivity index (χ0v) is 12.4. The lowest BCUT2D eigenvalue weighted by molar-refractivity contribution is 0.624. The van der Waals surface area contributed by atoms with E-state index in [4.69, 9.17) is 29.0 Å². The lowest BCUT2D eigenvalue weighted by Crippen LogP contribution is -2.30. The quantitative estimate of drug-likeness (QED) is 0.573. The van der Waals surface area contributed by atoms with Crippen LogP contribution < -0.4 is 11.3 Å². The summed E-state index contributed by atoms with van der Waals surface area (Å²) in [5.74, 6) is 5.73. The number of rotatable bonds is 3. The molecule has 6 heteroatoms. The summed E-state index contributed by atoms with van der Waals surface area (Å²) in [5.41, 5.74) is 5.14. The summed E-state index contributed by atoms with van der Waals surface area (Å²) >= 11 is 12.1. The molecule has 0 bridgehead atoms. The topological polar surface area (TPSA) is 63.8 Å². The van der Waals surface area contributed by atoms with Gasteiger partial charge in [0.25, 0.3) is 0 Å². The zero-order chi connectivity index (χ0) is 14.8. The Bertz CT molecular complexity index is 786. The second kappa shape index (κ2) is 5.95. The second-order valence-electron chi connectivity index (χ2n) is 4.54. The van der Waals surface area contributed by atoms with Gasteiger partial charge in [-0.05, 0) is 12.1 Å². The van der Waals surface area contributed by atoms with E-state index in [1.807, 2.05) is 30.3 Å². The normalized spacial score (nSPS) is 12.5. The summed E-state index contributed by atoms with van der Waals surface area (Å²) in [4.78, 5) is 8.73. The summed E-state index contributed by atoms with van der Waals surface area (Å²) in [7, 11) is 0. The third kappa shape index (κ3) is 2.71. The molecular formula is C15H12Cl2N4. The highest BCUT2D eigenvalue weighted by molar-refractivity contribution is 6.34. The van der Waals surface area contributed by atoms with Gasteiger partial charge >= 0.3 is 0 Å². The van der Waals surface area contributed by atoms with Gasteiger partial charge in [0.1, 0.15) is 0 Å². The van der Waals surface area contributed by atoms with Crippen molar-refractivity contribution in [3.8, 4) is 0 Å². The molecule has 2 aromatic heterocycles. The minimum Gasteiger partial charge on any atom is -0.271 e. The molecule has 0 saturated heterocycles. The molecule has 0 aliphatic heterocycles. The number of pyridine rings is 2. The average Bonchev–Trinajstić information content (AvgIpc) is 2.50. The predicted octanol–water partition coefficient (Wildman–Crippen LogP) is 3.49. The molecule has 0 spiro atoms. The van der Waals surface area contributed by atoms with E-state index in [0.29, 0.717) is 15.7 Å². The number of hydrogen-bond donors (Lipinski definition) is 2. The highest BCUT2D eigenvalue weighted by Crippen LogP contribution is 2.31. The molecule has 4 nitrogen and oxygen atoms in total. The lowest BCUT2D eigenvalue weighted by atomic mass is 10.00. The summed E-state index contributed by atoms with van der Waals surface area (Å²) < 4.78 is 0. The van der Waals surface area contributed by atoms with E-state index in [-0.39, 0.29) is 6.04 Å². The fourth-order valence-corrected chi connectivity index (χ4v) is 2.80. The van der Waals surface area contributed by atoms with Crippen LogP contribution in [0.3, 0.4) is 0 Å². The van der Waals surface area contributed by atoms with Crippen molar-refractivity contribution in [3.63, 3.8) is 0 Å². The lowest BCUT2D eigenvalue weighted by Gasteiger charge is -2.18. The summed E-state index contributed by atoms with van der Waals surface area (Å²) in [6.45, 7) is 0. The Balaban J connectivity index is 2.18. The Morgan fingerprint density at radius 2 is 1.90 bits per heavy atom. The SMILES string of the molecule is NNC(c1ncc(Cl)cc1Cl)c1cccc2cccnc12. The Kier molecular flexibility index (Phi) is 4.03. The number of aromatic nitrogens is 2. The monoisotopic (exact) mass is 318 g/mol. The van der Waals surface area contributed by atoms with Gasteiger partial charge in [0.15, 0.2) is 0 Å². The molecule has 0 saturated carbocycles. The maximum atomic E-state index is 6.24. The molecule has 1 unspecified atom stereocenters. The highest BCUT2D eigenvalue weighted by atomic mass is 35.5. The van der Waals surface area contributed by atoms with E-state index < -0.39 is 0 Å². The first-order chi connectivity index (χ1) is 10.2. The van der Waals surface area contributed by atoms with E-state index in [1.165, 1.54) is 0 Å². The van der Waals surface area contributed by atoms with E-state index in [0.717, 1.165) is 16.5 Å². The molecule has 0 radical (unpaired) electrons. The Morgan fingerprint density at radius 1 is 1.10 bits per heavy atom. The van der Waals surface area contributed by atoms with Crippen molar-refractivity contribution in [2.24, 2.45) is 5.84 Å². The maximum Gasteiger partial charge on any atom is 0.0917 e. The van der Waals surface area contributed by atoms with Gasteiger partial charge in [0, 0.05) is 23.3 Å². The number of nitrogens with one attached hydrogen (secondary N) is 1. The first kappa shape index (κ1) is 14.2. The van der Waals surface area contributed by atoms with Crippen LogP contribution in [0.2, 0.25) is 10.0 Å². The van der Waals surface area contributed by atoms with Crippen molar-refractivity contribution in [2.75, 3.05) is 0 Å². The molecule has 0 amide bonds. The number of halogens is 2. The third-order valence-electron chi connectivity index (χ3n) is 3.25. The van der Waals surface area contributed by atoms with Gasteiger partial charge in [-0.15, -0.1) is 0 Å². The van der Waals surface area contributed by atoms with Gasteiger partial charge in [0.2, 0.25) is 0 Å². The molecule has 3 aromatic rings. The number of para-hydroxylation sites is 1. The van der Waals surface area contributed by atoms with Crippen LogP contribution >= 0.6 is 23.2 Å². The minimum absolute atomic E-state index is 0.367. The van der Waals surface area contributed by atoms with Crippen LogP contribution in [0.15, 0.2) is 48.8 Å². The largest absolute Gasteiger partial charge is 0.271 e. The third-order valence-corrected chi connectivity index (χ3v) is 3.76. The fourth-order valence-electron chi connectivity index (χ4n) is 2.31. The molecule has 0 aliphatic carbocycles. The highest BCUT2D eigenvalue weighted by Gasteiger charge is 2.20. The van der Waals surface area contributed by atoms with Gasteiger partial charge in [-0.25, -0.2) is 5.43 Å². The van der Waals surface area contributed by atoms with Gasteiger partial charge in [-0.1, -0.05) is 47.5 Å². The number of nitrogens with two attached hydrogens (primary N) is 1. The molecular weight excluding hydrogens is 307 g/mol. The Labute approximate surface area is 131 Å². The van der Waals surface area contributed by atoms with Crippen LogP contribution in [0, 0.1) is 0 Å². The molecule has 0 aliphatic rings. The van der Waals surface area contributed by atoms with Crippen molar-refractivity contribution in [1.82, 2.24) is 15.4 Å². The first-order valence-corrected chi connectivity index (χ1v) is 7.07. The fraction of sp³-hybridized carbons (Fsp3) is 0.0667. The number of fused-ring (bicyclic) bond motifs is 1. The standard InChI is InChI=1S/C15H12Cl2N4/c16-10-7-12(17)15(20-8-10)14(21-18)11-5-1-3-9-4-2-6-19-13(9)11/h1-8,14,21H,18H2. The van der Waals surface area contributed by atoms with E-state index in [2.05, 4.69) is 15.4 Å². The smallest absolute Gasteiger partial charge is 0.0917 e. The van der Waals surface area contributed by atoms with Crippen LogP contribution in [0.1, 0.15) is 17.3 Å². The maximum absolute atomic E-state index is 6.24. The molecule has 0 fully saturated rings. The van der Waals surface area contributed by atoms with E-state index >= 15 is 0 Å². The second-order valence-corrected chi connectivity index (χ2v) is 5.39. The summed E-state index contributed by atoms with van der Waals surface area (Å²) in [6, 6.07) is 11.1. The van der Waals surface area contributed by atoms with Crippen molar-refractivity contribution >= 4 is 34.1 Å². The number of benzene rings is 1. The summed E-state index contributed by atoms with van der Waals surface area (Å²) in [6.07, 6.45) is 3.29. The van der Waals surface area contributed by atoms with Crippen LogP contribution in [0.25, 0.3) is 10.9 Å². The summed E-state index contributed by atoms with van der Waals surface area (Å²) in [5, 5.41) is 1.97. The molecule has 3 rings (SSSR count). The Hall–Kier alpha value is -1.72. The minimum atomic E-state index is -0.367. The average molecular weight is 319 g/mol. The van der Waals surface area contributed by atoms with Crippen LogP contribution in [-0.2, 0) is 0 Å². The van der Waals surface area contributed by atoms with Gasteiger partial charge < -0.3 is 0 Å². The number of hydrogen-bond acceptors (Lipinski definition) is 4. The molecule has 1 aromatic carbocycles. The molecule has 106 valence electrons. The van der Waals surface area contributed by atoms with Crippen molar-refractivity contribution < 1.29 is 0 Å². The van der Waals surface area contributed by atoms with E-state index in [9.17, 15) is 0 Å². The van der Waals surface area contributed by atoms with Gasteiger partial charge in [-0.2, -0.15) is 0 Å². The first-order valence-electron chi connectivity index (χ1n) is 6.31. The predicted molar refractivity (Wildman–Crippen MR) is 85.2 cm³/mol. The molecule has 3 N–H and O–H groups in total. The van der Waals surface area contributed by atoms with Crippen LogP contribution in [0.4, 0.5) is 0 Å². The van der Waals surface area contributed by atoms with Crippen LogP contribution in [-0.4, -0.2) is 9.97 Å². The van der Waals surface area contributed by atoms with E-state index in [1.54, 1.807) is 18.5 Å². The van der Waals surface area contributed by atoms with Crippen LogP contribution in [0.5, 0.6) is 0 Å². The molecule has 1 atom stereocenters. The molecule has 21 heavy (non-hydrogen) atoms. The number of hydrazine groups is 1. The van der Waals surface area contributed by atoms with Crippen molar-refractivity contribution in [3.05, 3.63) is 70.1 Å². The van der Waals surface area contributed by atoms with Crippen molar-refractivity contribution in [2.45, 2.75) is 6.04 Å². The zero-order valence-electron chi connectivity index (χ0n) is 10.9. The van der Waals surface area contributed by atoms with Gasteiger partial charge in [-0.3, -0.25) is 15.8 Å².